The van der Waals surface area contributed by atoms with Crippen molar-refractivity contribution in [2.24, 2.45) is 0 Å². The standard InChI is InChI=1S/C25H18BrClFNO4/c1-13-11-15(5-9-18(13)26)23(30)21-22(14-3-6-16(28)7-4-14)29(25(32)24(21)31)17-8-10-20(33-2)19(27)12-17/h3-12,22,30H,1-2H3/b23-21+. The zero-order chi connectivity index (χ0) is 23.9. The number of rotatable bonds is 4. The molecule has 3 aromatic carbocycles. The molecule has 0 saturated carbocycles. The highest BCUT2D eigenvalue weighted by molar-refractivity contribution is 9.10. The maximum Gasteiger partial charge on any atom is 0.300 e. The molecule has 1 fully saturated rings. The van der Waals surface area contributed by atoms with Crippen LogP contribution in [0.25, 0.3) is 5.76 Å². The summed E-state index contributed by atoms with van der Waals surface area (Å²) in [4.78, 5) is 27.6. The number of ether oxygens (including phenoxy) is 1. The van der Waals surface area contributed by atoms with E-state index >= 15 is 0 Å². The van der Waals surface area contributed by atoms with Crippen molar-refractivity contribution in [1.82, 2.24) is 0 Å². The van der Waals surface area contributed by atoms with E-state index in [0.717, 1.165) is 10.0 Å². The molecular weight excluding hydrogens is 513 g/mol. The average molecular weight is 531 g/mol. The third kappa shape index (κ3) is 4.14. The minimum Gasteiger partial charge on any atom is -0.507 e. The number of aliphatic hydroxyl groups excluding tert-OH is 1. The Balaban J connectivity index is 1.94. The number of hydrogen-bond donors (Lipinski definition) is 1. The number of halogens is 3. The first-order chi connectivity index (χ1) is 15.7. The second kappa shape index (κ2) is 9.00. The van der Waals surface area contributed by atoms with Crippen molar-refractivity contribution in [3.63, 3.8) is 0 Å². The van der Waals surface area contributed by atoms with Crippen LogP contribution >= 0.6 is 27.5 Å². The summed E-state index contributed by atoms with van der Waals surface area (Å²) in [6.07, 6.45) is 0. The first-order valence-electron chi connectivity index (χ1n) is 9.89. The minimum atomic E-state index is -0.987. The van der Waals surface area contributed by atoms with Gasteiger partial charge in [0.25, 0.3) is 11.7 Å². The largest absolute Gasteiger partial charge is 0.507 e. The summed E-state index contributed by atoms with van der Waals surface area (Å²) in [6, 6.07) is 14.2. The van der Waals surface area contributed by atoms with Crippen LogP contribution in [0.2, 0.25) is 5.02 Å². The molecule has 1 amide bonds. The van der Waals surface area contributed by atoms with E-state index in [2.05, 4.69) is 15.9 Å². The lowest BCUT2D eigenvalue weighted by molar-refractivity contribution is -0.132. The third-order valence-corrected chi connectivity index (χ3v) is 6.66. The average Bonchev–Trinajstić information content (AvgIpc) is 3.06. The zero-order valence-electron chi connectivity index (χ0n) is 17.6. The molecule has 0 spiro atoms. The van der Waals surface area contributed by atoms with Crippen LogP contribution in [-0.4, -0.2) is 23.9 Å². The van der Waals surface area contributed by atoms with Gasteiger partial charge in [0, 0.05) is 15.7 Å². The Morgan fingerprint density at radius 3 is 2.39 bits per heavy atom. The zero-order valence-corrected chi connectivity index (χ0v) is 19.9. The molecule has 0 bridgehead atoms. The first kappa shape index (κ1) is 23.0. The molecular formula is C25H18BrClFNO4. The normalized spacial score (nSPS) is 17.5. The number of aliphatic hydroxyl groups is 1. The molecule has 1 unspecified atom stereocenters. The monoisotopic (exact) mass is 529 g/mol. The molecule has 1 saturated heterocycles. The summed E-state index contributed by atoms with van der Waals surface area (Å²) in [6.45, 7) is 1.84. The summed E-state index contributed by atoms with van der Waals surface area (Å²) in [7, 11) is 1.46. The molecule has 1 N–H and O–H groups in total. The van der Waals surface area contributed by atoms with Crippen LogP contribution in [0, 0.1) is 12.7 Å². The van der Waals surface area contributed by atoms with Crippen LogP contribution in [0.1, 0.15) is 22.7 Å². The van der Waals surface area contributed by atoms with Gasteiger partial charge in [-0.2, -0.15) is 0 Å². The Labute approximate surface area is 203 Å². The number of aryl methyl sites for hydroxylation is 1. The lowest BCUT2D eigenvalue weighted by Gasteiger charge is -2.26. The molecule has 1 aliphatic rings. The maximum atomic E-state index is 13.6. The molecule has 1 atom stereocenters. The first-order valence-corrected chi connectivity index (χ1v) is 11.1. The van der Waals surface area contributed by atoms with E-state index in [4.69, 9.17) is 16.3 Å². The van der Waals surface area contributed by atoms with Gasteiger partial charge in [-0.15, -0.1) is 0 Å². The number of ketones is 1. The SMILES string of the molecule is COc1ccc(N2C(=O)C(=O)/C(=C(/O)c3ccc(Br)c(C)c3)C2c2ccc(F)cc2)cc1Cl. The van der Waals surface area contributed by atoms with Gasteiger partial charge in [0.05, 0.1) is 23.7 Å². The number of benzene rings is 3. The van der Waals surface area contributed by atoms with Crippen LogP contribution < -0.4 is 9.64 Å². The molecule has 8 heteroatoms. The molecule has 1 aliphatic heterocycles. The smallest absolute Gasteiger partial charge is 0.300 e. The van der Waals surface area contributed by atoms with Gasteiger partial charge in [0.15, 0.2) is 0 Å². The van der Waals surface area contributed by atoms with Gasteiger partial charge >= 0.3 is 0 Å². The number of amides is 1. The molecule has 0 aromatic heterocycles. The Morgan fingerprint density at radius 2 is 1.79 bits per heavy atom. The van der Waals surface area contributed by atoms with E-state index in [9.17, 15) is 19.1 Å². The number of methoxy groups -OCH3 is 1. The molecule has 0 aliphatic carbocycles. The Hall–Kier alpha value is -3.16. The highest BCUT2D eigenvalue weighted by atomic mass is 79.9. The molecule has 3 aromatic rings. The Morgan fingerprint density at radius 1 is 1.09 bits per heavy atom. The van der Waals surface area contributed by atoms with Crippen molar-refractivity contribution in [3.05, 3.63) is 98.2 Å². The van der Waals surface area contributed by atoms with E-state index in [1.54, 1.807) is 30.3 Å². The summed E-state index contributed by atoms with van der Waals surface area (Å²) >= 11 is 9.68. The second-order valence-corrected chi connectivity index (χ2v) is 8.76. The van der Waals surface area contributed by atoms with Gasteiger partial charge in [-0.3, -0.25) is 14.5 Å². The van der Waals surface area contributed by atoms with Crippen LogP contribution in [0.5, 0.6) is 5.75 Å². The van der Waals surface area contributed by atoms with Gasteiger partial charge in [-0.1, -0.05) is 45.7 Å². The van der Waals surface area contributed by atoms with E-state index in [-0.39, 0.29) is 16.4 Å². The van der Waals surface area contributed by atoms with E-state index in [1.165, 1.54) is 42.3 Å². The van der Waals surface area contributed by atoms with Gasteiger partial charge in [-0.25, -0.2) is 4.39 Å². The van der Waals surface area contributed by atoms with Crippen LogP contribution in [0.15, 0.2) is 70.7 Å². The van der Waals surface area contributed by atoms with E-state index in [1.807, 2.05) is 6.92 Å². The highest BCUT2D eigenvalue weighted by Crippen LogP contribution is 2.43. The van der Waals surface area contributed by atoms with Crippen LogP contribution in [-0.2, 0) is 9.59 Å². The fourth-order valence-corrected chi connectivity index (χ4v) is 4.31. The minimum absolute atomic E-state index is 0.0970. The highest BCUT2D eigenvalue weighted by Gasteiger charge is 2.47. The predicted molar refractivity (Wildman–Crippen MR) is 128 cm³/mol. The molecule has 1 heterocycles. The van der Waals surface area contributed by atoms with Gasteiger partial charge in [0.1, 0.15) is 17.3 Å². The van der Waals surface area contributed by atoms with Crippen molar-refractivity contribution in [3.8, 4) is 5.75 Å². The van der Waals surface area contributed by atoms with E-state index < -0.39 is 23.5 Å². The van der Waals surface area contributed by atoms with Gasteiger partial charge in [0.2, 0.25) is 0 Å². The summed E-state index contributed by atoms with van der Waals surface area (Å²) in [5.74, 6) is -2.07. The quantitative estimate of drug-likeness (QED) is 0.248. The fourth-order valence-electron chi connectivity index (χ4n) is 3.81. The maximum absolute atomic E-state index is 13.6. The second-order valence-electron chi connectivity index (χ2n) is 7.50. The number of Topliss-reactive ketones (excluding diaryl/α,β-unsaturated/α-hetero) is 1. The Bertz CT molecular complexity index is 1310. The summed E-state index contributed by atoms with van der Waals surface area (Å²) in [5.41, 5.74) is 1.92. The number of nitrogens with zero attached hydrogens (tertiary/aromatic N) is 1. The molecule has 33 heavy (non-hydrogen) atoms. The molecule has 0 radical (unpaired) electrons. The number of anilines is 1. The van der Waals surface area contributed by atoms with E-state index in [0.29, 0.717) is 22.6 Å². The van der Waals surface area contributed by atoms with Crippen LogP contribution in [0.3, 0.4) is 0 Å². The number of hydrogen-bond acceptors (Lipinski definition) is 4. The molecule has 4 rings (SSSR count). The topological polar surface area (TPSA) is 66.8 Å². The summed E-state index contributed by atoms with van der Waals surface area (Å²) < 4.78 is 19.7. The van der Waals surface area contributed by atoms with Gasteiger partial charge < -0.3 is 9.84 Å². The number of carbonyl (C=O) groups is 2. The van der Waals surface area contributed by atoms with Crippen molar-refractivity contribution < 1.29 is 23.8 Å². The number of carbonyl (C=O) groups excluding carboxylic acids is 2. The van der Waals surface area contributed by atoms with Crippen molar-refractivity contribution in [2.75, 3.05) is 12.0 Å². The van der Waals surface area contributed by atoms with Crippen molar-refractivity contribution in [2.45, 2.75) is 13.0 Å². The van der Waals surface area contributed by atoms with Crippen molar-refractivity contribution >= 4 is 50.7 Å². The third-order valence-electron chi connectivity index (χ3n) is 5.48. The Kier molecular flexibility index (Phi) is 6.28. The predicted octanol–water partition coefficient (Wildman–Crippen LogP) is 6.18. The van der Waals surface area contributed by atoms with Crippen LogP contribution in [0.4, 0.5) is 10.1 Å². The van der Waals surface area contributed by atoms with Crippen molar-refractivity contribution in [1.29, 1.82) is 0 Å². The molecule has 5 nitrogen and oxygen atoms in total. The van der Waals surface area contributed by atoms with Gasteiger partial charge in [-0.05, 0) is 60.5 Å². The fraction of sp³-hybridized carbons (Fsp3) is 0.120. The lowest BCUT2D eigenvalue weighted by Crippen LogP contribution is -2.29. The molecule has 168 valence electrons. The lowest BCUT2D eigenvalue weighted by atomic mass is 9.94. The summed E-state index contributed by atoms with van der Waals surface area (Å²) in [5, 5.41) is 11.4.